The van der Waals surface area contributed by atoms with Crippen LogP contribution in [0.4, 0.5) is 0 Å². The number of carboxylic acid groups (broad SMARTS) is 1. The van der Waals surface area contributed by atoms with E-state index in [2.05, 4.69) is 10.3 Å². The molecule has 1 heterocycles. The van der Waals surface area contributed by atoms with Crippen molar-refractivity contribution in [3.63, 3.8) is 0 Å². The summed E-state index contributed by atoms with van der Waals surface area (Å²) in [5.74, 6) is -1.18. The van der Waals surface area contributed by atoms with Gasteiger partial charge < -0.3 is 20.1 Å². The van der Waals surface area contributed by atoms with Crippen molar-refractivity contribution in [1.29, 1.82) is 0 Å². The second-order valence-corrected chi connectivity index (χ2v) is 3.45. The molecule has 0 saturated carbocycles. The van der Waals surface area contributed by atoms with Crippen LogP contribution in [0.1, 0.15) is 16.2 Å². The molecule has 0 aliphatic rings. The predicted octanol–water partition coefficient (Wildman–Crippen LogP) is -1.48. The van der Waals surface area contributed by atoms with E-state index in [0.717, 1.165) is 0 Å². The topological polar surface area (TPSA) is 118 Å². The fourth-order valence-electron chi connectivity index (χ4n) is 1.35. The molecule has 0 aromatic carbocycles. The maximum Gasteiger partial charge on any atom is 0.358 e. The van der Waals surface area contributed by atoms with E-state index in [-0.39, 0.29) is 12.2 Å². The average molecular weight is 245 g/mol. The lowest BCUT2D eigenvalue weighted by Gasteiger charge is -2.09. The molecule has 0 aliphatic heterocycles. The van der Waals surface area contributed by atoms with Crippen LogP contribution in [0, 0.1) is 0 Å². The molecule has 1 atom stereocenters. The molecule has 0 bridgehead atoms. The third kappa shape index (κ3) is 3.48. The fourth-order valence-corrected chi connectivity index (χ4v) is 1.35. The Morgan fingerprint density at radius 1 is 1.59 bits per heavy atom. The monoisotopic (exact) mass is 245 g/mol. The molecule has 96 valence electrons. The number of methoxy groups -OCH3 is 1. The Balaban J connectivity index is 2.91. The van der Waals surface area contributed by atoms with Crippen molar-refractivity contribution in [2.75, 3.05) is 20.3 Å². The van der Waals surface area contributed by atoms with Crippen LogP contribution in [-0.4, -0.2) is 62.7 Å². The van der Waals surface area contributed by atoms with Gasteiger partial charge in [0.1, 0.15) is 0 Å². The Morgan fingerprint density at radius 2 is 2.29 bits per heavy atom. The molecule has 0 radical (unpaired) electrons. The van der Waals surface area contributed by atoms with Crippen molar-refractivity contribution in [3.05, 3.63) is 11.4 Å². The van der Waals surface area contributed by atoms with Gasteiger partial charge in [-0.2, -0.15) is 0 Å². The highest BCUT2D eigenvalue weighted by molar-refractivity contribution is 5.86. The second kappa shape index (κ2) is 6.28. The number of carbonyl (C=O) groups is 1. The van der Waals surface area contributed by atoms with Gasteiger partial charge in [-0.25, -0.2) is 9.48 Å². The molecule has 8 nitrogen and oxygen atoms in total. The van der Waals surface area contributed by atoms with Gasteiger partial charge in [0.15, 0.2) is 5.69 Å². The van der Waals surface area contributed by atoms with Gasteiger partial charge in [0.2, 0.25) is 0 Å². The number of ether oxygens (including phenoxy) is 1. The van der Waals surface area contributed by atoms with Gasteiger partial charge in [-0.15, -0.1) is 5.10 Å². The van der Waals surface area contributed by atoms with Crippen molar-refractivity contribution >= 4 is 5.97 Å². The summed E-state index contributed by atoms with van der Waals surface area (Å²) in [7, 11) is 1.50. The quantitative estimate of drug-likeness (QED) is 0.536. The molecular weight excluding hydrogens is 230 g/mol. The first-order valence-corrected chi connectivity index (χ1v) is 5.03. The van der Waals surface area contributed by atoms with Crippen molar-refractivity contribution in [2.24, 2.45) is 0 Å². The molecule has 0 saturated heterocycles. The molecular formula is C9H15N3O5. The first-order valence-electron chi connectivity index (χ1n) is 5.03. The van der Waals surface area contributed by atoms with Gasteiger partial charge in [-0.05, 0) is 0 Å². The summed E-state index contributed by atoms with van der Waals surface area (Å²) in [4.78, 5) is 10.9. The van der Waals surface area contributed by atoms with E-state index in [4.69, 9.17) is 14.9 Å². The standard InChI is InChI=1S/C9H15N3O5/c1-17-3-2-7-8(9(15)16)10-11-12(7)4-6(14)5-13/h6,13-14H,2-5H2,1H3,(H,15,16). The molecule has 1 aromatic heterocycles. The zero-order chi connectivity index (χ0) is 12.8. The van der Waals surface area contributed by atoms with Gasteiger partial charge >= 0.3 is 5.97 Å². The zero-order valence-corrected chi connectivity index (χ0v) is 9.41. The Kier molecular flexibility index (Phi) is 5.01. The number of aliphatic hydroxyl groups is 2. The van der Waals surface area contributed by atoms with Crippen LogP contribution in [-0.2, 0) is 17.7 Å². The number of aromatic carboxylic acids is 1. The number of rotatable bonds is 7. The van der Waals surface area contributed by atoms with Gasteiger partial charge in [-0.3, -0.25) is 0 Å². The predicted molar refractivity (Wildman–Crippen MR) is 55.7 cm³/mol. The number of aromatic nitrogens is 3. The summed E-state index contributed by atoms with van der Waals surface area (Å²) < 4.78 is 6.13. The van der Waals surface area contributed by atoms with Crippen LogP contribution in [0.3, 0.4) is 0 Å². The maximum atomic E-state index is 10.9. The molecule has 1 unspecified atom stereocenters. The van der Waals surface area contributed by atoms with Gasteiger partial charge in [-0.1, -0.05) is 5.21 Å². The number of hydrogen-bond acceptors (Lipinski definition) is 6. The molecule has 3 N–H and O–H groups in total. The summed E-state index contributed by atoms with van der Waals surface area (Å²) in [5, 5.41) is 34.1. The van der Waals surface area contributed by atoms with E-state index in [1.165, 1.54) is 11.8 Å². The lowest BCUT2D eigenvalue weighted by Crippen LogP contribution is -2.23. The minimum absolute atomic E-state index is 0.00414. The molecule has 1 aromatic rings. The Labute approximate surface area is 97.4 Å². The highest BCUT2D eigenvalue weighted by atomic mass is 16.5. The second-order valence-electron chi connectivity index (χ2n) is 3.45. The van der Waals surface area contributed by atoms with Gasteiger partial charge in [0.25, 0.3) is 0 Å². The lowest BCUT2D eigenvalue weighted by atomic mass is 10.2. The number of hydrogen-bond donors (Lipinski definition) is 3. The van der Waals surface area contributed by atoms with E-state index in [1.807, 2.05) is 0 Å². The van der Waals surface area contributed by atoms with E-state index >= 15 is 0 Å². The van der Waals surface area contributed by atoms with Crippen molar-refractivity contribution in [3.8, 4) is 0 Å². The molecule has 17 heavy (non-hydrogen) atoms. The lowest BCUT2D eigenvalue weighted by molar-refractivity contribution is 0.0686. The molecule has 1 rings (SSSR count). The SMILES string of the molecule is COCCc1c(C(=O)O)nnn1CC(O)CO. The first-order chi connectivity index (χ1) is 8.10. The summed E-state index contributed by atoms with van der Waals surface area (Å²) in [6.45, 7) is -0.106. The minimum atomic E-state index is -1.18. The van der Waals surface area contributed by atoms with E-state index in [9.17, 15) is 9.90 Å². The van der Waals surface area contributed by atoms with E-state index in [1.54, 1.807) is 0 Å². The highest BCUT2D eigenvalue weighted by Gasteiger charge is 2.19. The van der Waals surface area contributed by atoms with Crippen molar-refractivity contribution in [1.82, 2.24) is 15.0 Å². The normalized spacial score (nSPS) is 12.6. The van der Waals surface area contributed by atoms with Crippen LogP contribution in [0.25, 0.3) is 0 Å². The van der Waals surface area contributed by atoms with Crippen LogP contribution in [0.15, 0.2) is 0 Å². The summed E-state index contributed by atoms with van der Waals surface area (Å²) >= 11 is 0. The first kappa shape index (κ1) is 13.6. The van der Waals surface area contributed by atoms with Crippen molar-refractivity contribution < 1.29 is 24.9 Å². The zero-order valence-electron chi connectivity index (χ0n) is 9.41. The molecule has 8 heteroatoms. The van der Waals surface area contributed by atoms with E-state index in [0.29, 0.717) is 18.7 Å². The Hall–Kier alpha value is -1.51. The summed E-state index contributed by atoms with van der Waals surface area (Å²) in [6, 6.07) is 0. The molecule has 0 fully saturated rings. The van der Waals surface area contributed by atoms with Gasteiger partial charge in [0.05, 0.1) is 31.6 Å². The highest BCUT2D eigenvalue weighted by Crippen LogP contribution is 2.08. The largest absolute Gasteiger partial charge is 0.476 e. The van der Waals surface area contributed by atoms with Crippen LogP contribution in [0.2, 0.25) is 0 Å². The number of aliphatic hydroxyl groups excluding tert-OH is 2. The summed E-state index contributed by atoms with van der Waals surface area (Å²) in [5.41, 5.74) is 0.207. The minimum Gasteiger partial charge on any atom is -0.476 e. The maximum absolute atomic E-state index is 10.9. The number of carboxylic acids is 1. The van der Waals surface area contributed by atoms with Crippen LogP contribution >= 0.6 is 0 Å². The third-order valence-corrected chi connectivity index (χ3v) is 2.18. The van der Waals surface area contributed by atoms with E-state index < -0.39 is 18.7 Å². The number of nitrogens with zero attached hydrogens (tertiary/aromatic N) is 3. The summed E-state index contributed by atoms with van der Waals surface area (Å²) in [6.07, 6.45) is -0.678. The van der Waals surface area contributed by atoms with Gasteiger partial charge in [0, 0.05) is 13.5 Å². The van der Waals surface area contributed by atoms with Crippen LogP contribution < -0.4 is 0 Å². The molecule has 0 amide bonds. The Bertz CT molecular complexity index is 379. The molecule has 0 spiro atoms. The third-order valence-electron chi connectivity index (χ3n) is 2.18. The van der Waals surface area contributed by atoms with Crippen molar-refractivity contribution in [2.45, 2.75) is 19.1 Å². The smallest absolute Gasteiger partial charge is 0.358 e. The fraction of sp³-hybridized carbons (Fsp3) is 0.667. The van der Waals surface area contributed by atoms with Crippen LogP contribution in [0.5, 0.6) is 0 Å². The molecule has 0 aliphatic carbocycles. The average Bonchev–Trinajstić information content (AvgIpc) is 2.69. The Morgan fingerprint density at radius 3 is 2.82 bits per heavy atom.